The van der Waals surface area contributed by atoms with E-state index >= 15 is 0 Å². The highest BCUT2D eigenvalue weighted by Gasteiger charge is 2.22. The van der Waals surface area contributed by atoms with E-state index in [1.165, 1.54) is 6.07 Å². The number of hydrogen-bond acceptors (Lipinski definition) is 3. The molecule has 1 aliphatic rings. The van der Waals surface area contributed by atoms with Crippen molar-refractivity contribution < 1.29 is 9.13 Å². The van der Waals surface area contributed by atoms with Gasteiger partial charge in [0.2, 0.25) is 0 Å². The molecular weight excluding hydrogens is 243 g/mol. The quantitative estimate of drug-likeness (QED) is 0.910. The molecule has 0 amide bonds. The molecule has 3 nitrogen and oxygen atoms in total. The minimum atomic E-state index is -0.145. The molecule has 2 atom stereocenters. The van der Waals surface area contributed by atoms with Crippen LogP contribution in [0.3, 0.4) is 0 Å². The van der Waals surface area contributed by atoms with E-state index in [-0.39, 0.29) is 18.0 Å². The zero-order valence-corrected chi connectivity index (χ0v) is 11.9. The third-order valence-corrected chi connectivity index (χ3v) is 3.69. The lowest BCUT2D eigenvalue weighted by Gasteiger charge is -2.29. The van der Waals surface area contributed by atoms with E-state index in [2.05, 4.69) is 17.1 Å². The Balaban J connectivity index is 2.36. The maximum absolute atomic E-state index is 14.3. The van der Waals surface area contributed by atoms with Gasteiger partial charge in [-0.1, -0.05) is 12.1 Å². The molecule has 1 N–H and O–H groups in total. The van der Waals surface area contributed by atoms with Crippen LogP contribution < -0.4 is 10.2 Å². The fourth-order valence-electron chi connectivity index (χ4n) is 2.57. The van der Waals surface area contributed by atoms with Crippen LogP contribution in [0.25, 0.3) is 0 Å². The van der Waals surface area contributed by atoms with Crippen molar-refractivity contribution in [2.45, 2.75) is 32.4 Å². The minimum absolute atomic E-state index is 0.130. The smallest absolute Gasteiger partial charge is 0.146 e. The zero-order valence-electron chi connectivity index (χ0n) is 11.9. The van der Waals surface area contributed by atoms with Crippen molar-refractivity contribution in [3.05, 3.63) is 29.6 Å². The van der Waals surface area contributed by atoms with Gasteiger partial charge in [-0.15, -0.1) is 0 Å². The summed E-state index contributed by atoms with van der Waals surface area (Å²) in [4.78, 5) is 2.12. The number of ether oxygens (including phenoxy) is 1. The predicted molar refractivity (Wildman–Crippen MR) is 76.1 cm³/mol. The van der Waals surface area contributed by atoms with Crippen molar-refractivity contribution in [1.29, 1.82) is 0 Å². The van der Waals surface area contributed by atoms with Crippen LogP contribution in [-0.4, -0.2) is 32.8 Å². The molecule has 1 aromatic rings. The van der Waals surface area contributed by atoms with Crippen LogP contribution in [0, 0.1) is 5.82 Å². The number of benzene rings is 1. The van der Waals surface area contributed by atoms with Gasteiger partial charge in [-0.05, 0) is 38.9 Å². The Kier molecular flexibility index (Phi) is 4.77. The van der Waals surface area contributed by atoms with E-state index in [1.807, 2.05) is 20.0 Å². The average molecular weight is 266 g/mol. The molecule has 0 radical (unpaired) electrons. The fourth-order valence-corrected chi connectivity index (χ4v) is 2.57. The molecule has 106 valence electrons. The van der Waals surface area contributed by atoms with Crippen molar-refractivity contribution in [2.75, 3.05) is 31.6 Å². The molecule has 4 heteroatoms. The Labute approximate surface area is 114 Å². The normalized spacial score (nSPS) is 22.1. The Morgan fingerprint density at radius 1 is 1.47 bits per heavy atom. The molecular formula is C15H23FN2O. The highest BCUT2D eigenvalue weighted by atomic mass is 19.1. The average Bonchev–Trinajstić information content (AvgIpc) is 2.62. The van der Waals surface area contributed by atoms with Gasteiger partial charge in [-0.3, -0.25) is 0 Å². The lowest BCUT2D eigenvalue weighted by molar-refractivity contribution is 0.0820. The van der Waals surface area contributed by atoms with Crippen molar-refractivity contribution in [3.8, 4) is 0 Å². The molecule has 19 heavy (non-hydrogen) atoms. The molecule has 0 spiro atoms. The summed E-state index contributed by atoms with van der Waals surface area (Å²) >= 11 is 0. The van der Waals surface area contributed by atoms with Crippen molar-refractivity contribution in [3.63, 3.8) is 0 Å². The summed E-state index contributed by atoms with van der Waals surface area (Å²) in [6, 6.07) is 5.44. The van der Waals surface area contributed by atoms with E-state index in [1.54, 1.807) is 6.07 Å². The largest absolute Gasteiger partial charge is 0.377 e. The van der Waals surface area contributed by atoms with Gasteiger partial charge in [0.1, 0.15) is 5.82 Å². The number of nitrogens with one attached hydrogen (secondary N) is 1. The lowest BCUT2D eigenvalue weighted by atomic mass is 10.0. The molecule has 1 fully saturated rings. The van der Waals surface area contributed by atoms with Gasteiger partial charge in [0.05, 0.1) is 11.8 Å². The topological polar surface area (TPSA) is 24.5 Å². The standard InChI is InChI=1S/C15H23FN2O/c1-11-10-18(8-5-9-19-11)15-13(12(2)17-3)6-4-7-14(15)16/h4,6-7,11-12,17H,5,8-10H2,1-3H3. The Morgan fingerprint density at radius 3 is 3.00 bits per heavy atom. The van der Waals surface area contributed by atoms with Gasteiger partial charge in [-0.2, -0.15) is 0 Å². The van der Waals surface area contributed by atoms with E-state index in [4.69, 9.17) is 4.74 Å². The molecule has 0 aliphatic carbocycles. The van der Waals surface area contributed by atoms with Gasteiger partial charge in [0.25, 0.3) is 0 Å². The number of anilines is 1. The van der Waals surface area contributed by atoms with Gasteiger partial charge >= 0.3 is 0 Å². The highest BCUT2D eigenvalue weighted by Crippen LogP contribution is 2.30. The van der Waals surface area contributed by atoms with Gasteiger partial charge in [0, 0.05) is 25.7 Å². The summed E-state index contributed by atoms with van der Waals surface area (Å²) in [5.41, 5.74) is 1.73. The maximum Gasteiger partial charge on any atom is 0.146 e. The van der Waals surface area contributed by atoms with Crippen LogP contribution in [0.4, 0.5) is 10.1 Å². The summed E-state index contributed by atoms with van der Waals surface area (Å²) < 4.78 is 19.9. The summed E-state index contributed by atoms with van der Waals surface area (Å²) in [6.45, 7) is 6.43. The highest BCUT2D eigenvalue weighted by molar-refractivity contribution is 5.56. The SMILES string of the molecule is CNC(C)c1cccc(F)c1N1CCCOC(C)C1. The first kappa shape index (κ1) is 14.3. The van der Waals surface area contributed by atoms with E-state index in [0.29, 0.717) is 0 Å². The third kappa shape index (κ3) is 3.25. The fraction of sp³-hybridized carbons (Fsp3) is 0.600. The van der Waals surface area contributed by atoms with Crippen LogP contribution in [0.1, 0.15) is 31.9 Å². The van der Waals surface area contributed by atoms with Crippen LogP contribution >= 0.6 is 0 Å². The van der Waals surface area contributed by atoms with Crippen LogP contribution in [0.5, 0.6) is 0 Å². The number of para-hydroxylation sites is 1. The monoisotopic (exact) mass is 266 g/mol. The van der Waals surface area contributed by atoms with Crippen molar-refractivity contribution in [1.82, 2.24) is 5.32 Å². The first-order valence-electron chi connectivity index (χ1n) is 6.95. The van der Waals surface area contributed by atoms with E-state index in [0.717, 1.165) is 37.4 Å². The molecule has 1 aromatic carbocycles. The Bertz CT molecular complexity index is 425. The first-order valence-corrected chi connectivity index (χ1v) is 6.95. The van der Waals surface area contributed by atoms with E-state index < -0.39 is 0 Å². The maximum atomic E-state index is 14.3. The Hall–Kier alpha value is -1.13. The number of rotatable bonds is 3. The van der Waals surface area contributed by atoms with Crippen molar-refractivity contribution >= 4 is 5.69 Å². The second kappa shape index (κ2) is 6.35. The van der Waals surface area contributed by atoms with Gasteiger partial charge in [-0.25, -0.2) is 4.39 Å². The predicted octanol–water partition coefficient (Wildman–Crippen LogP) is 2.72. The molecule has 0 aromatic heterocycles. The summed E-state index contributed by atoms with van der Waals surface area (Å²) in [5, 5.41) is 3.19. The second-order valence-electron chi connectivity index (χ2n) is 5.17. The molecule has 0 bridgehead atoms. The lowest BCUT2D eigenvalue weighted by Crippen LogP contribution is -2.32. The molecule has 2 rings (SSSR count). The zero-order chi connectivity index (χ0) is 13.8. The Morgan fingerprint density at radius 2 is 2.26 bits per heavy atom. The van der Waals surface area contributed by atoms with Gasteiger partial charge < -0.3 is 15.0 Å². The molecule has 2 unspecified atom stereocenters. The van der Waals surface area contributed by atoms with Gasteiger partial charge in [0.15, 0.2) is 0 Å². The molecule has 1 aliphatic heterocycles. The molecule has 1 saturated heterocycles. The second-order valence-corrected chi connectivity index (χ2v) is 5.17. The minimum Gasteiger partial charge on any atom is -0.377 e. The van der Waals surface area contributed by atoms with E-state index in [9.17, 15) is 4.39 Å². The number of nitrogens with zero attached hydrogens (tertiary/aromatic N) is 1. The van der Waals surface area contributed by atoms with Crippen LogP contribution in [0.15, 0.2) is 18.2 Å². The molecule has 0 saturated carbocycles. The summed E-state index contributed by atoms with van der Waals surface area (Å²) in [7, 11) is 1.90. The van der Waals surface area contributed by atoms with Crippen molar-refractivity contribution in [2.24, 2.45) is 0 Å². The summed E-state index contributed by atoms with van der Waals surface area (Å²) in [6.07, 6.45) is 1.08. The third-order valence-electron chi connectivity index (χ3n) is 3.69. The first-order chi connectivity index (χ1) is 9.13. The number of hydrogen-bond donors (Lipinski definition) is 1. The summed E-state index contributed by atoms with van der Waals surface area (Å²) in [5.74, 6) is -0.145. The van der Waals surface area contributed by atoms with Crippen LogP contribution in [-0.2, 0) is 4.74 Å². The number of halogens is 1. The molecule has 1 heterocycles. The van der Waals surface area contributed by atoms with Crippen LogP contribution in [0.2, 0.25) is 0 Å².